The Morgan fingerprint density at radius 1 is 1.17 bits per heavy atom. The van der Waals surface area contributed by atoms with E-state index in [0.717, 1.165) is 0 Å². The van der Waals surface area contributed by atoms with Crippen LogP contribution in [-0.2, 0) is 4.79 Å². The van der Waals surface area contributed by atoms with Crippen LogP contribution in [-0.4, -0.2) is 26.9 Å². The zero-order valence-corrected chi connectivity index (χ0v) is 16.7. The van der Waals surface area contributed by atoms with E-state index in [9.17, 15) is 9.59 Å². The van der Waals surface area contributed by atoms with Crippen LogP contribution in [0, 0.1) is 0 Å². The summed E-state index contributed by atoms with van der Waals surface area (Å²) in [6.07, 6.45) is 4.13. The molecule has 0 saturated carbocycles. The van der Waals surface area contributed by atoms with Crippen LogP contribution in [0.15, 0.2) is 41.2 Å². The number of aromatic nitrogens is 3. The highest BCUT2D eigenvalue weighted by Gasteiger charge is 2.18. The number of rotatable bonds is 7. The number of nitrogens with one attached hydrogen (secondary N) is 3. The quantitative estimate of drug-likeness (QED) is 0.481. The average molecular weight is 435 g/mol. The van der Waals surface area contributed by atoms with Gasteiger partial charge in [-0.15, -0.1) is 0 Å². The van der Waals surface area contributed by atoms with E-state index in [1.54, 1.807) is 24.5 Å². The number of halogens is 2. The third-order valence-corrected chi connectivity index (χ3v) is 4.20. The summed E-state index contributed by atoms with van der Waals surface area (Å²) in [7, 11) is 0. The molecule has 0 unspecified atom stereocenters. The van der Waals surface area contributed by atoms with Gasteiger partial charge in [0.05, 0.1) is 16.3 Å². The summed E-state index contributed by atoms with van der Waals surface area (Å²) in [6.45, 7) is 1.87. The maximum absolute atomic E-state index is 12.6. The lowest BCUT2D eigenvalue weighted by Gasteiger charge is -2.13. The van der Waals surface area contributed by atoms with Crippen molar-refractivity contribution in [2.24, 2.45) is 0 Å². The summed E-state index contributed by atoms with van der Waals surface area (Å²) >= 11 is 12.2. The molecule has 0 bridgehead atoms. The van der Waals surface area contributed by atoms with Crippen LogP contribution >= 0.6 is 23.2 Å². The molecule has 0 aliphatic heterocycles. The number of carbonyl (C=O) groups excluding carboxylic acids is 2. The summed E-state index contributed by atoms with van der Waals surface area (Å²) in [4.78, 5) is 32.6. The molecule has 2 heterocycles. The molecule has 0 radical (unpaired) electrons. The number of pyridine rings is 1. The smallest absolute Gasteiger partial charge is 0.324 e. The molecular formula is C18H16Cl2N6O3. The minimum absolute atomic E-state index is 0.0325. The molecule has 3 N–H and O–H groups in total. The second-order valence-electron chi connectivity index (χ2n) is 5.85. The van der Waals surface area contributed by atoms with Crippen LogP contribution in [0.1, 0.15) is 30.1 Å². The molecule has 150 valence electrons. The predicted octanol–water partition coefficient (Wildman–Crippen LogP) is 3.93. The Bertz CT molecular complexity index is 1030. The number of carbonyl (C=O) groups is 2. The Hall–Kier alpha value is -3.17. The fourth-order valence-electron chi connectivity index (χ4n) is 2.38. The van der Waals surface area contributed by atoms with E-state index in [4.69, 9.17) is 27.7 Å². The molecule has 2 aromatic heterocycles. The standard InChI is InChI=1S/C18H16Cl2N6O3/c1-2-3-14(27)22-15-12(8-11(19)9-13(15)20)17(28)24-25-18-23-16(26-29-18)10-4-6-21-7-5-10/h4-9H,2-3H2,1H3,(H,22,27)(H,24,28)(H,23,25,26). The first kappa shape index (κ1) is 20.6. The van der Waals surface area contributed by atoms with Gasteiger partial charge in [0.1, 0.15) is 0 Å². The van der Waals surface area contributed by atoms with Crippen molar-refractivity contribution in [3.63, 3.8) is 0 Å². The van der Waals surface area contributed by atoms with Crippen molar-refractivity contribution in [2.75, 3.05) is 10.7 Å². The van der Waals surface area contributed by atoms with Crippen molar-refractivity contribution in [1.82, 2.24) is 20.6 Å². The van der Waals surface area contributed by atoms with Gasteiger partial charge in [0.15, 0.2) is 0 Å². The molecular weight excluding hydrogens is 419 g/mol. The van der Waals surface area contributed by atoms with Crippen LogP contribution in [0.25, 0.3) is 11.4 Å². The SMILES string of the molecule is CCCC(=O)Nc1c(Cl)cc(Cl)cc1C(=O)NNc1nc(-c2ccncc2)no1. The van der Waals surface area contributed by atoms with Crippen LogP contribution in [0.4, 0.5) is 11.7 Å². The van der Waals surface area contributed by atoms with Crippen molar-refractivity contribution in [2.45, 2.75) is 19.8 Å². The molecule has 0 aliphatic rings. The normalized spacial score (nSPS) is 10.4. The Kier molecular flexibility index (Phi) is 6.63. The van der Waals surface area contributed by atoms with Gasteiger partial charge in [-0.2, -0.15) is 4.98 Å². The number of hydrogen-bond donors (Lipinski definition) is 3. The topological polar surface area (TPSA) is 122 Å². The number of hydrazine groups is 1. The predicted molar refractivity (Wildman–Crippen MR) is 109 cm³/mol. The molecule has 0 aliphatic carbocycles. The van der Waals surface area contributed by atoms with E-state index in [2.05, 4.69) is 31.3 Å². The van der Waals surface area contributed by atoms with Gasteiger partial charge in [0, 0.05) is 29.4 Å². The first-order valence-corrected chi connectivity index (χ1v) is 9.33. The number of hydrogen-bond acceptors (Lipinski definition) is 7. The molecule has 0 spiro atoms. The van der Waals surface area contributed by atoms with Crippen molar-refractivity contribution in [1.29, 1.82) is 0 Å². The molecule has 0 saturated heterocycles. The zero-order chi connectivity index (χ0) is 20.8. The van der Waals surface area contributed by atoms with E-state index >= 15 is 0 Å². The molecule has 11 heteroatoms. The largest absolute Gasteiger partial charge is 0.340 e. The van der Waals surface area contributed by atoms with Gasteiger partial charge in [0.2, 0.25) is 11.7 Å². The van der Waals surface area contributed by atoms with Crippen LogP contribution in [0.5, 0.6) is 0 Å². The highest BCUT2D eigenvalue weighted by molar-refractivity contribution is 6.38. The van der Waals surface area contributed by atoms with Crippen LogP contribution in [0.2, 0.25) is 10.0 Å². The van der Waals surface area contributed by atoms with Gasteiger partial charge in [-0.1, -0.05) is 35.3 Å². The summed E-state index contributed by atoms with van der Waals surface area (Å²) < 4.78 is 5.05. The lowest BCUT2D eigenvalue weighted by atomic mass is 10.1. The second-order valence-corrected chi connectivity index (χ2v) is 6.69. The first-order chi connectivity index (χ1) is 14.0. The Balaban J connectivity index is 1.74. The van der Waals surface area contributed by atoms with E-state index in [1.807, 2.05) is 6.92 Å². The Morgan fingerprint density at radius 3 is 2.66 bits per heavy atom. The Morgan fingerprint density at radius 2 is 1.93 bits per heavy atom. The maximum Gasteiger partial charge on any atom is 0.340 e. The van der Waals surface area contributed by atoms with Crippen molar-refractivity contribution < 1.29 is 14.1 Å². The van der Waals surface area contributed by atoms with E-state index in [0.29, 0.717) is 17.8 Å². The van der Waals surface area contributed by atoms with Crippen molar-refractivity contribution >= 4 is 46.7 Å². The first-order valence-electron chi connectivity index (χ1n) is 8.57. The van der Waals surface area contributed by atoms with Crippen LogP contribution in [0.3, 0.4) is 0 Å². The number of nitrogens with zero attached hydrogens (tertiary/aromatic N) is 3. The average Bonchev–Trinajstić information content (AvgIpc) is 3.18. The van der Waals surface area contributed by atoms with Gasteiger partial charge >= 0.3 is 6.01 Å². The monoisotopic (exact) mass is 434 g/mol. The maximum atomic E-state index is 12.6. The van der Waals surface area contributed by atoms with E-state index in [-0.39, 0.29) is 39.6 Å². The van der Waals surface area contributed by atoms with E-state index in [1.165, 1.54) is 12.1 Å². The van der Waals surface area contributed by atoms with E-state index < -0.39 is 5.91 Å². The number of benzene rings is 1. The fourth-order valence-corrected chi connectivity index (χ4v) is 2.92. The summed E-state index contributed by atoms with van der Waals surface area (Å²) in [5, 5.41) is 6.84. The molecule has 3 aromatic rings. The molecule has 0 fully saturated rings. The third-order valence-electron chi connectivity index (χ3n) is 3.69. The zero-order valence-electron chi connectivity index (χ0n) is 15.2. The summed E-state index contributed by atoms with van der Waals surface area (Å²) in [6, 6.07) is 6.23. The van der Waals surface area contributed by atoms with Gasteiger partial charge in [-0.25, -0.2) is 5.43 Å². The highest BCUT2D eigenvalue weighted by atomic mass is 35.5. The summed E-state index contributed by atoms with van der Waals surface area (Å²) in [5.41, 5.74) is 5.88. The molecule has 29 heavy (non-hydrogen) atoms. The molecule has 3 rings (SSSR count). The highest BCUT2D eigenvalue weighted by Crippen LogP contribution is 2.30. The molecule has 9 nitrogen and oxygen atoms in total. The van der Waals surface area contributed by atoms with Crippen molar-refractivity contribution in [3.8, 4) is 11.4 Å². The molecule has 0 atom stereocenters. The molecule has 2 amide bonds. The number of amides is 2. The summed E-state index contributed by atoms with van der Waals surface area (Å²) in [5.74, 6) is -0.551. The third kappa shape index (κ3) is 5.21. The van der Waals surface area contributed by atoms with Gasteiger partial charge in [-0.3, -0.25) is 20.0 Å². The second kappa shape index (κ2) is 9.35. The lowest BCUT2D eigenvalue weighted by molar-refractivity contribution is -0.116. The van der Waals surface area contributed by atoms with Gasteiger partial charge in [0.25, 0.3) is 5.91 Å². The van der Waals surface area contributed by atoms with Gasteiger partial charge < -0.3 is 9.84 Å². The minimum atomic E-state index is -0.607. The van der Waals surface area contributed by atoms with Crippen LogP contribution < -0.4 is 16.2 Å². The fraction of sp³-hybridized carbons (Fsp3) is 0.167. The molecule has 1 aromatic carbocycles. The Labute approximate surface area is 175 Å². The number of anilines is 2. The lowest BCUT2D eigenvalue weighted by Crippen LogP contribution is -2.30. The minimum Gasteiger partial charge on any atom is -0.324 e. The van der Waals surface area contributed by atoms with Crippen molar-refractivity contribution in [3.05, 3.63) is 52.3 Å². The van der Waals surface area contributed by atoms with Gasteiger partial charge in [-0.05, 0) is 30.7 Å².